The minimum atomic E-state index is -0.472. The van der Waals surface area contributed by atoms with Crippen molar-refractivity contribution in [2.75, 3.05) is 5.32 Å². The smallest absolute Gasteiger partial charge is 0.267 e. The molecule has 0 aromatic heterocycles. The highest BCUT2D eigenvalue weighted by Gasteiger charge is 2.09. The zero-order valence-electron chi connectivity index (χ0n) is 15.1. The van der Waals surface area contributed by atoms with Gasteiger partial charge in [0, 0.05) is 18.4 Å². The van der Waals surface area contributed by atoms with Crippen LogP contribution in [0.3, 0.4) is 0 Å². The lowest BCUT2D eigenvalue weighted by atomic mass is 10.2. The van der Waals surface area contributed by atoms with Crippen molar-refractivity contribution in [1.29, 1.82) is 5.26 Å². The molecule has 0 bridgehead atoms. The molecule has 0 spiro atoms. The molecule has 5 nitrogen and oxygen atoms in total. The van der Waals surface area contributed by atoms with E-state index in [1.54, 1.807) is 24.3 Å². The fourth-order valence-electron chi connectivity index (χ4n) is 2.44. The Bertz CT molecular complexity index is 976. The third-order valence-electron chi connectivity index (χ3n) is 3.85. The van der Waals surface area contributed by atoms with Gasteiger partial charge in [-0.25, -0.2) is 0 Å². The average Bonchev–Trinajstić information content (AvgIpc) is 2.74. The molecule has 0 unspecified atom stereocenters. The van der Waals surface area contributed by atoms with Crippen LogP contribution in [0, 0.1) is 11.3 Å². The molecule has 2 N–H and O–H groups in total. The minimum absolute atomic E-state index is 0.000503. The van der Waals surface area contributed by atoms with Gasteiger partial charge in [-0.2, -0.15) is 5.26 Å². The summed E-state index contributed by atoms with van der Waals surface area (Å²) in [5.41, 5.74) is 1.64. The molecular weight excluding hydrogens is 350 g/mol. The van der Waals surface area contributed by atoms with Crippen LogP contribution in [0.5, 0.6) is 11.5 Å². The van der Waals surface area contributed by atoms with Crippen LogP contribution in [0.2, 0.25) is 0 Å². The highest BCUT2D eigenvalue weighted by Crippen LogP contribution is 2.22. The number of anilines is 1. The Labute approximate surface area is 163 Å². The molecule has 0 saturated heterocycles. The molecule has 1 amide bonds. The molecular formula is C23H19N3O2. The standard InChI is InChI=1S/C23H19N3O2/c24-15-19(17-25-16-18-7-3-1-4-8-18)23(27)26-20-11-13-22(14-12-20)28-21-9-5-2-6-10-21/h1-14,17,25H,16H2,(H,26,27)/b19-17-. The molecule has 0 aliphatic heterocycles. The predicted octanol–water partition coefficient (Wildman–Crippen LogP) is 4.61. The highest BCUT2D eigenvalue weighted by molar-refractivity contribution is 6.06. The summed E-state index contributed by atoms with van der Waals surface area (Å²) in [7, 11) is 0. The molecule has 0 radical (unpaired) electrons. The number of carbonyl (C=O) groups excluding carboxylic acids is 1. The summed E-state index contributed by atoms with van der Waals surface area (Å²) < 4.78 is 5.72. The average molecular weight is 369 g/mol. The predicted molar refractivity (Wildman–Crippen MR) is 109 cm³/mol. The summed E-state index contributed by atoms with van der Waals surface area (Å²) in [6.07, 6.45) is 1.43. The maximum absolute atomic E-state index is 12.3. The molecule has 0 heterocycles. The van der Waals surface area contributed by atoms with E-state index in [4.69, 9.17) is 4.74 Å². The van der Waals surface area contributed by atoms with Gasteiger partial charge in [0.2, 0.25) is 0 Å². The molecule has 0 fully saturated rings. The van der Waals surface area contributed by atoms with E-state index in [9.17, 15) is 10.1 Å². The second kappa shape index (κ2) is 9.60. The van der Waals surface area contributed by atoms with E-state index < -0.39 is 5.91 Å². The molecule has 3 rings (SSSR count). The van der Waals surface area contributed by atoms with Crippen molar-refractivity contribution >= 4 is 11.6 Å². The summed E-state index contributed by atoms with van der Waals surface area (Å²) in [6.45, 7) is 0.533. The first-order valence-corrected chi connectivity index (χ1v) is 8.76. The van der Waals surface area contributed by atoms with Gasteiger partial charge in [0.25, 0.3) is 5.91 Å². The van der Waals surface area contributed by atoms with Crippen molar-refractivity contribution in [2.24, 2.45) is 0 Å². The Morgan fingerprint density at radius 1 is 0.893 bits per heavy atom. The Hall–Kier alpha value is -4.04. The van der Waals surface area contributed by atoms with Gasteiger partial charge >= 0.3 is 0 Å². The van der Waals surface area contributed by atoms with Crippen molar-refractivity contribution < 1.29 is 9.53 Å². The maximum atomic E-state index is 12.3. The molecule has 0 aliphatic rings. The largest absolute Gasteiger partial charge is 0.457 e. The van der Waals surface area contributed by atoms with Gasteiger partial charge in [-0.05, 0) is 42.0 Å². The van der Waals surface area contributed by atoms with Crippen LogP contribution < -0.4 is 15.4 Å². The van der Waals surface area contributed by atoms with E-state index in [1.807, 2.05) is 66.7 Å². The van der Waals surface area contributed by atoms with Crippen LogP contribution in [0.25, 0.3) is 0 Å². The van der Waals surface area contributed by atoms with Crippen molar-refractivity contribution in [3.05, 3.63) is 102 Å². The summed E-state index contributed by atoms with van der Waals surface area (Å²) in [5.74, 6) is 0.919. The van der Waals surface area contributed by atoms with Gasteiger partial charge < -0.3 is 15.4 Å². The lowest BCUT2D eigenvalue weighted by molar-refractivity contribution is -0.112. The van der Waals surface area contributed by atoms with E-state index in [1.165, 1.54) is 6.20 Å². The van der Waals surface area contributed by atoms with Crippen LogP contribution in [-0.4, -0.2) is 5.91 Å². The van der Waals surface area contributed by atoms with E-state index in [-0.39, 0.29) is 5.57 Å². The first kappa shape index (κ1) is 18.7. The van der Waals surface area contributed by atoms with Crippen molar-refractivity contribution in [1.82, 2.24) is 5.32 Å². The molecule has 138 valence electrons. The summed E-state index contributed by atoms with van der Waals surface area (Å²) in [6, 6.07) is 28.0. The number of benzene rings is 3. The number of nitriles is 1. The summed E-state index contributed by atoms with van der Waals surface area (Å²) >= 11 is 0. The Balaban J connectivity index is 1.56. The summed E-state index contributed by atoms with van der Waals surface area (Å²) in [5, 5.41) is 14.9. The SMILES string of the molecule is N#C/C(=C/NCc1ccccc1)C(=O)Nc1ccc(Oc2ccccc2)cc1. The third kappa shape index (κ3) is 5.48. The van der Waals surface area contributed by atoms with E-state index in [0.29, 0.717) is 18.0 Å². The quantitative estimate of drug-likeness (QED) is 0.471. The second-order valence-corrected chi connectivity index (χ2v) is 5.93. The fourth-order valence-corrected chi connectivity index (χ4v) is 2.44. The molecule has 5 heteroatoms. The lowest BCUT2D eigenvalue weighted by Gasteiger charge is -2.08. The number of para-hydroxylation sites is 1. The number of ether oxygens (including phenoxy) is 1. The molecule has 0 atom stereocenters. The molecule has 3 aromatic rings. The number of nitrogens with zero attached hydrogens (tertiary/aromatic N) is 1. The summed E-state index contributed by atoms with van der Waals surface area (Å²) in [4.78, 5) is 12.3. The Kier molecular flexibility index (Phi) is 6.43. The van der Waals surface area contributed by atoms with Crippen molar-refractivity contribution in [3.63, 3.8) is 0 Å². The van der Waals surface area contributed by atoms with E-state index in [0.717, 1.165) is 11.3 Å². The lowest BCUT2D eigenvalue weighted by Crippen LogP contribution is -2.16. The minimum Gasteiger partial charge on any atom is -0.457 e. The second-order valence-electron chi connectivity index (χ2n) is 5.93. The number of amides is 1. The zero-order valence-corrected chi connectivity index (χ0v) is 15.1. The van der Waals surface area contributed by atoms with Crippen molar-refractivity contribution in [3.8, 4) is 17.6 Å². The van der Waals surface area contributed by atoms with Crippen LogP contribution >= 0.6 is 0 Å². The number of rotatable bonds is 7. The number of nitrogens with one attached hydrogen (secondary N) is 2. The third-order valence-corrected chi connectivity index (χ3v) is 3.85. The molecule has 0 saturated carbocycles. The highest BCUT2D eigenvalue weighted by atomic mass is 16.5. The molecule has 28 heavy (non-hydrogen) atoms. The van der Waals surface area contributed by atoms with Gasteiger partial charge in [0.15, 0.2) is 0 Å². The van der Waals surface area contributed by atoms with Crippen LogP contribution in [0.15, 0.2) is 96.7 Å². The van der Waals surface area contributed by atoms with Crippen molar-refractivity contribution in [2.45, 2.75) is 6.54 Å². The van der Waals surface area contributed by atoms with E-state index in [2.05, 4.69) is 10.6 Å². The molecule has 3 aromatic carbocycles. The Morgan fingerprint density at radius 3 is 2.14 bits per heavy atom. The first-order chi connectivity index (χ1) is 13.7. The van der Waals surface area contributed by atoms with Gasteiger partial charge in [0.1, 0.15) is 23.1 Å². The zero-order chi connectivity index (χ0) is 19.6. The van der Waals surface area contributed by atoms with Crippen LogP contribution in [-0.2, 0) is 11.3 Å². The van der Waals surface area contributed by atoms with E-state index >= 15 is 0 Å². The molecule has 0 aliphatic carbocycles. The van der Waals surface area contributed by atoms with Gasteiger partial charge in [-0.3, -0.25) is 4.79 Å². The number of hydrogen-bond donors (Lipinski definition) is 2. The normalized spacial score (nSPS) is 10.6. The first-order valence-electron chi connectivity index (χ1n) is 8.76. The Morgan fingerprint density at radius 2 is 1.50 bits per heavy atom. The fraction of sp³-hybridized carbons (Fsp3) is 0.0435. The van der Waals surface area contributed by atoms with Crippen LogP contribution in [0.4, 0.5) is 5.69 Å². The van der Waals surface area contributed by atoms with Gasteiger partial charge in [-0.1, -0.05) is 48.5 Å². The monoisotopic (exact) mass is 369 g/mol. The van der Waals surface area contributed by atoms with Gasteiger partial charge in [-0.15, -0.1) is 0 Å². The number of hydrogen-bond acceptors (Lipinski definition) is 4. The number of carbonyl (C=O) groups is 1. The van der Waals surface area contributed by atoms with Crippen LogP contribution in [0.1, 0.15) is 5.56 Å². The van der Waals surface area contributed by atoms with Gasteiger partial charge in [0.05, 0.1) is 0 Å². The maximum Gasteiger partial charge on any atom is 0.267 e. The topological polar surface area (TPSA) is 74.2 Å².